The molecule has 2 saturated heterocycles. The molecule has 0 unspecified atom stereocenters. The van der Waals surface area contributed by atoms with E-state index in [-0.39, 0.29) is 23.0 Å². The van der Waals surface area contributed by atoms with Crippen molar-refractivity contribution in [2.75, 3.05) is 40.8 Å². The maximum Gasteiger partial charge on any atom is 0.244 e. The van der Waals surface area contributed by atoms with Gasteiger partial charge in [0.2, 0.25) is 11.8 Å². The van der Waals surface area contributed by atoms with Gasteiger partial charge in [-0.05, 0) is 44.8 Å². The molecule has 1 aromatic rings. The van der Waals surface area contributed by atoms with Crippen molar-refractivity contribution in [1.82, 2.24) is 14.7 Å². The molecule has 2 fully saturated rings. The van der Waals surface area contributed by atoms with Gasteiger partial charge >= 0.3 is 0 Å². The summed E-state index contributed by atoms with van der Waals surface area (Å²) in [4.78, 5) is 30.4. The highest BCUT2D eigenvalue weighted by atomic mass is 19.1. The lowest BCUT2D eigenvalue weighted by atomic mass is 9.72. The Morgan fingerprint density at radius 2 is 1.85 bits per heavy atom. The monoisotopic (exact) mass is 361 g/mol. The summed E-state index contributed by atoms with van der Waals surface area (Å²) in [5.74, 6) is -0.183. The van der Waals surface area contributed by atoms with Crippen LogP contribution in [0, 0.1) is 11.2 Å². The quantitative estimate of drug-likeness (QED) is 0.830. The van der Waals surface area contributed by atoms with Crippen LogP contribution in [0.1, 0.15) is 37.3 Å². The maximum absolute atomic E-state index is 14.3. The minimum atomic E-state index is -0.610. The molecule has 2 amide bonds. The third kappa shape index (κ3) is 3.61. The molecule has 0 aliphatic carbocycles. The van der Waals surface area contributed by atoms with E-state index in [9.17, 15) is 14.0 Å². The number of benzene rings is 1. The Morgan fingerprint density at radius 3 is 2.42 bits per heavy atom. The van der Waals surface area contributed by atoms with Crippen molar-refractivity contribution < 1.29 is 14.0 Å². The number of halogens is 1. The second kappa shape index (κ2) is 7.35. The molecule has 3 rings (SSSR count). The molecule has 142 valence electrons. The highest BCUT2D eigenvalue weighted by Crippen LogP contribution is 2.40. The lowest BCUT2D eigenvalue weighted by Crippen LogP contribution is -2.52. The Morgan fingerprint density at radius 1 is 1.19 bits per heavy atom. The number of likely N-dealkylation sites (tertiary alicyclic amines) is 2. The third-order valence-electron chi connectivity index (χ3n) is 5.95. The summed E-state index contributed by atoms with van der Waals surface area (Å²) in [6.07, 6.45) is 3.30. The Bertz CT molecular complexity index is 683. The highest BCUT2D eigenvalue weighted by Gasteiger charge is 2.42. The number of hydrogen-bond acceptors (Lipinski definition) is 3. The molecule has 6 heteroatoms. The average Bonchev–Trinajstić information content (AvgIpc) is 2.61. The van der Waals surface area contributed by atoms with Crippen LogP contribution in [0.15, 0.2) is 24.3 Å². The van der Waals surface area contributed by atoms with Crippen LogP contribution in [-0.4, -0.2) is 67.3 Å². The van der Waals surface area contributed by atoms with E-state index >= 15 is 0 Å². The van der Waals surface area contributed by atoms with Gasteiger partial charge in [0, 0.05) is 38.7 Å². The van der Waals surface area contributed by atoms with E-state index in [1.54, 1.807) is 23.1 Å². The first kappa shape index (κ1) is 18.8. The predicted molar refractivity (Wildman–Crippen MR) is 97.9 cm³/mol. The van der Waals surface area contributed by atoms with Crippen LogP contribution in [0.25, 0.3) is 0 Å². The summed E-state index contributed by atoms with van der Waals surface area (Å²) >= 11 is 0. The average molecular weight is 361 g/mol. The van der Waals surface area contributed by atoms with Crippen molar-refractivity contribution in [3.8, 4) is 0 Å². The minimum absolute atomic E-state index is 0.0461. The predicted octanol–water partition coefficient (Wildman–Crippen LogP) is 2.29. The lowest BCUT2D eigenvalue weighted by Gasteiger charge is -2.47. The lowest BCUT2D eigenvalue weighted by molar-refractivity contribution is -0.143. The van der Waals surface area contributed by atoms with E-state index in [2.05, 4.69) is 0 Å². The van der Waals surface area contributed by atoms with Crippen LogP contribution >= 0.6 is 0 Å². The fourth-order valence-corrected chi connectivity index (χ4v) is 4.34. The van der Waals surface area contributed by atoms with Gasteiger partial charge in [0.15, 0.2) is 0 Å². The highest BCUT2D eigenvalue weighted by molar-refractivity contribution is 5.83. The van der Waals surface area contributed by atoms with Gasteiger partial charge in [-0.1, -0.05) is 18.2 Å². The summed E-state index contributed by atoms with van der Waals surface area (Å²) in [5.41, 5.74) is 0.552. The van der Waals surface area contributed by atoms with E-state index < -0.39 is 6.04 Å². The molecular formula is C20H28FN3O2. The summed E-state index contributed by atoms with van der Waals surface area (Å²) in [6.45, 7) is 2.11. The second-order valence-electron chi connectivity index (χ2n) is 7.96. The van der Waals surface area contributed by atoms with Gasteiger partial charge in [-0.2, -0.15) is 0 Å². The first-order valence-corrected chi connectivity index (χ1v) is 9.27. The number of carbonyl (C=O) groups excluding carboxylic acids is 2. The van der Waals surface area contributed by atoms with E-state index in [1.165, 1.54) is 6.07 Å². The molecule has 0 aromatic heterocycles. The zero-order valence-corrected chi connectivity index (χ0v) is 15.9. The van der Waals surface area contributed by atoms with Crippen LogP contribution in [0.4, 0.5) is 4.39 Å². The SMILES string of the molecule is CN1CC2(CCC1=O)CCN(C(=O)[C@H](c1ccccc1F)N(C)C)CC2. The molecule has 0 saturated carbocycles. The fourth-order valence-electron chi connectivity index (χ4n) is 4.34. The molecule has 2 aliphatic rings. The Hall–Kier alpha value is -1.95. The zero-order valence-electron chi connectivity index (χ0n) is 15.9. The van der Waals surface area contributed by atoms with Gasteiger partial charge < -0.3 is 9.80 Å². The van der Waals surface area contributed by atoms with Crippen LogP contribution in [0.2, 0.25) is 0 Å². The summed E-state index contributed by atoms with van der Waals surface area (Å²) in [7, 11) is 5.48. The first-order valence-electron chi connectivity index (χ1n) is 9.27. The number of rotatable bonds is 3. The van der Waals surface area contributed by atoms with Crippen molar-refractivity contribution >= 4 is 11.8 Å². The summed E-state index contributed by atoms with van der Waals surface area (Å²) in [5, 5.41) is 0. The summed E-state index contributed by atoms with van der Waals surface area (Å²) < 4.78 is 14.3. The molecule has 1 spiro atoms. The number of amides is 2. The number of carbonyl (C=O) groups is 2. The molecule has 26 heavy (non-hydrogen) atoms. The zero-order chi connectivity index (χ0) is 18.9. The fraction of sp³-hybridized carbons (Fsp3) is 0.600. The second-order valence-corrected chi connectivity index (χ2v) is 7.96. The van der Waals surface area contributed by atoms with Gasteiger partial charge in [0.05, 0.1) is 0 Å². The van der Waals surface area contributed by atoms with Gasteiger partial charge in [-0.25, -0.2) is 4.39 Å². The number of likely N-dealkylation sites (N-methyl/N-ethyl adjacent to an activating group) is 1. The minimum Gasteiger partial charge on any atom is -0.345 e. The molecule has 0 bridgehead atoms. The van der Waals surface area contributed by atoms with Crippen LogP contribution in [0.5, 0.6) is 0 Å². The van der Waals surface area contributed by atoms with E-state index in [4.69, 9.17) is 0 Å². The normalized spacial score (nSPS) is 21.3. The van der Waals surface area contributed by atoms with Crippen LogP contribution in [-0.2, 0) is 9.59 Å². The molecule has 1 atom stereocenters. The first-order chi connectivity index (χ1) is 12.3. The molecule has 2 aliphatic heterocycles. The molecule has 0 radical (unpaired) electrons. The van der Waals surface area contributed by atoms with E-state index in [1.807, 2.05) is 30.9 Å². The van der Waals surface area contributed by atoms with Crippen molar-refractivity contribution in [2.24, 2.45) is 5.41 Å². The van der Waals surface area contributed by atoms with Gasteiger partial charge in [0.1, 0.15) is 11.9 Å². The van der Waals surface area contributed by atoms with Gasteiger partial charge in [-0.15, -0.1) is 0 Å². The van der Waals surface area contributed by atoms with Crippen molar-refractivity contribution in [3.05, 3.63) is 35.6 Å². The molecular weight excluding hydrogens is 333 g/mol. The van der Waals surface area contributed by atoms with Crippen molar-refractivity contribution in [3.63, 3.8) is 0 Å². The smallest absolute Gasteiger partial charge is 0.244 e. The van der Waals surface area contributed by atoms with Gasteiger partial charge in [0.25, 0.3) is 0 Å². The third-order valence-corrected chi connectivity index (χ3v) is 5.95. The molecule has 2 heterocycles. The Balaban J connectivity index is 1.71. The Labute approximate surface area is 154 Å². The topological polar surface area (TPSA) is 43.9 Å². The van der Waals surface area contributed by atoms with E-state index in [0.717, 1.165) is 25.8 Å². The molecule has 1 aromatic carbocycles. The van der Waals surface area contributed by atoms with Crippen LogP contribution < -0.4 is 0 Å². The van der Waals surface area contributed by atoms with Gasteiger partial charge in [-0.3, -0.25) is 14.5 Å². The number of nitrogens with zero attached hydrogens (tertiary/aromatic N) is 3. The molecule has 0 N–H and O–H groups in total. The summed E-state index contributed by atoms with van der Waals surface area (Å²) in [6, 6.07) is 5.88. The number of piperidine rings is 2. The van der Waals surface area contributed by atoms with E-state index in [0.29, 0.717) is 25.1 Å². The van der Waals surface area contributed by atoms with Crippen molar-refractivity contribution in [2.45, 2.75) is 31.7 Å². The maximum atomic E-state index is 14.3. The van der Waals surface area contributed by atoms with Crippen molar-refractivity contribution in [1.29, 1.82) is 0 Å². The standard InChI is InChI=1S/C20H28FN3O2/c1-22(2)18(15-6-4-5-7-16(15)21)19(26)24-12-10-20(11-13-24)9-8-17(25)23(3)14-20/h4-7,18H,8-14H2,1-3H3/t18-/m0/s1. The molecule has 5 nitrogen and oxygen atoms in total. The van der Waals surface area contributed by atoms with Crippen LogP contribution in [0.3, 0.4) is 0 Å². The largest absolute Gasteiger partial charge is 0.345 e. The Kier molecular flexibility index (Phi) is 5.32. The number of hydrogen-bond donors (Lipinski definition) is 0.